The van der Waals surface area contributed by atoms with E-state index in [1.165, 1.54) is 0 Å². The molecule has 0 radical (unpaired) electrons. The monoisotopic (exact) mass is 339 g/mol. The maximum absolute atomic E-state index is 12.2. The summed E-state index contributed by atoms with van der Waals surface area (Å²) in [5.41, 5.74) is 3.83. The Kier molecular flexibility index (Phi) is 4.93. The highest BCUT2D eigenvalue weighted by Crippen LogP contribution is 2.30. The number of carbonyl (C=O) groups is 1. The number of rotatable bonds is 6. The Labute approximate surface area is 146 Å². The van der Waals surface area contributed by atoms with Crippen molar-refractivity contribution in [1.29, 1.82) is 0 Å². The van der Waals surface area contributed by atoms with E-state index in [0.717, 1.165) is 27.6 Å². The van der Waals surface area contributed by atoms with Crippen molar-refractivity contribution in [3.05, 3.63) is 59.3 Å². The summed E-state index contributed by atoms with van der Waals surface area (Å²) in [5, 5.41) is 1.04. The molecule has 5 nitrogen and oxygen atoms in total. The molecule has 0 aliphatic rings. The molecular formula is C20H21NO4. The quantitative estimate of drug-likeness (QED) is 0.694. The zero-order chi connectivity index (χ0) is 17.8. The van der Waals surface area contributed by atoms with Crippen LogP contribution in [0.25, 0.3) is 10.9 Å². The Balaban J connectivity index is 1.68. The van der Waals surface area contributed by atoms with E-state index in [-0.39, 0.29) is 19.0 Å². The van der Waals surface area contributed by atoms with Crippen molar-refractivity contribution in [2.24, 2.45) is 0 Å². The van der Waals surface area contributed by atoms with Gasteiger partial charge in [-0.25, -0.2) is 0 Å². The number of hydrogen-bond donors (Lipinski definition) is 1. The van der Waals surface area contributed by atoms with Crippen molar-refractivity contribution in [3.63, 3.8) is 0 Å². The zero-order valence-corrected chi connectivity index (χ0v) is 14.6. The van der Waals surface area contributed by atoms with Crippen LogP contribution in [0.1, 0.15) is 16.7 Å². The van der Waals surface area contributed by atoms with Gasteiger partial charge in [-0.1, -0.05) is 18.2 Å². The number of para-hydroxylation sites is 1. The summed E-state index contributed by atoms with van der Waals surface area (Å²) in [6, 6.07) is 11.6. The molecule has 0 amide bonds. The van der Waals surface area contributed by atoms with Crippen LogP contribution < -0.4 is 9.47 Å². The van der Waals surface area contributed by atoms with Crippen LogP contribution in [-0.2, 0) is 22.6 Å². The average Bonchev–Trinajstić information content (AvgIpc) is 3.03. The van der Waals surface area contributed by atoms with Gasteiger partial charge >= 0.3 is 5.97 Å². The minimum atomic E-state index is -0.265. The molecule has 3 aromatic rings. The molecule has 0 bridgehead atoms. The first-order chi connectivity index (χ1) is 12.1. The zero-order valence-electron chi connectivity index (χ0n) is 14.6. The van der Waals surface area contributed by atoms with Crippen LogP contribution in [0.2, 0.25) is 0 Å². The van der Waals surface area contributed by atoms with Gasteiger partial charge in [-0.3, -0.25) is 4.79 Å². The number of H-pyrrole nitrogens is 1. The predicted molar refractivity (Wildman–Crippen MR) is 96.1 cm³/mol. The summed E-state index contributed by atoms with van der Waals surface area (Å²) >= 11 is 0. The molecule has 1 aromatic heterocycles. The van der Waals surface area contributed by atoms with Crippen LogP contribution in [0.3, 0.4) is 0 Å². The number of aromatic amines is 1. The molecule has 0 aliphatic heterocycles. The third-order valence-corrected chi connectivity index (χ3v) is 4.24. The molecule has 130 valence electrons. The lowest BCUT2D eigenvalue weighted by Crippen LogP contribution is -2.08. The molecular weight excluding hydrogens is 318 g/mol. The summed E-state index contributed by atoms with van der Waals surface area (Å²) in [4.78, 5) is 15.4. The Morgan fingerprint density at radius 1 is 1.04 bits per heavy atom. The summed E-state index contributed by atoms with van der Waals surface area (Å²) < 4.78 is 16.0. The number of esters is 1. The van der Waals surface area contributed by atoms with E-state index in [2.05, 4.69) is 4.98 Å². The number of aryl methyl sites for hydroxylation is 1. The number of carbonyl (C=O) groups excluding carboxylic acids is 1. The van der Waals surface area contributed by atoms with Crippen molar-refractivity contribution in [2.75, 3.05) is 14.2 Å². The second kappa shape index (κ2) is 7.30. The molecule has 0 atom stereocenters. The van der Waals surface area contributed by atoms with Gasteiger partial charge in [-0.2, -0.15) is 0 Å². The number of hydrogen-bond acceptors (Lipinski definition) is 4. The topological polar surface area (TPSA) is 60.5 Å². The van der Waals surface area contributed by atoms with E-state index < -0.39 is 0 Å². The van der Waals surface area contributed by atoms with Gasteiger partial charge in [-0.15, -0.1) is 0 Å². The van der Waals surface area contributed by atoms with Crippen LogP contribution in [0, 0.1) is 6.92 Å². The van der Waals surface area contributed by atoms with E-state index in [0.29, 0.717) is 11.5 Å². The van der Waals surface area contributed by atoms with Crippen LogP contribution in [0.15, 0.2) is 42.6 Å². The maximum Gasteiger partial charge on any atom is 0.310 e. The Bertz CT molecular complexity index is 898. The summed E-state index contributed by atoms with van der Waals surface area (Å²) in [7, 11) is 3.18. The largest absolute Gasteiger partial charge is 0.493 e. The van der Waals surface area contributed by atoms with Gasteiger partial charge in [0.15, 0.2) is 11.5 Å². The van der Waals surface area contributed by atoms with Crippen LogP contribution in [0.4, 0.5) is 0 Å². The molecule has 1 heterocycles. The SMILES string of the molecule is COc1cc(C)c(COC(=O)Cc2c[nH]c3ccccc23)cc1OC. The Morgan fingerprint density at radius 3 is 2.52 bits per heavy atom. The second-order valence-corrected chi connectivity index (χ2v) is 5.83. The highest BCUT2D eigenvalue weighted by molar-refractivity contribution is 5.87. The van der Waals surface area contributed by atoms with Crippen LogP contribution in [0.5, 0.6) is 11.5 Å². The lowest BCUT2D eigenvalue weighted by molar-refractivity contribution is -0.144. The van der Waals surface area contributed by atoms with Gasteiger partial charge < -0.3 is 19.2 Å². The average molecular weight is 339 g/mol. The molecule has 0 fully saturated rings. The van der Waals surface area contributed by atoms with Crippen molar-refractivity contribution in [3.8, 4) is 11.5 Å². The number of nitrogens with one attached hydrogen (secondary N) is 1. The molecule has 3 rings (SSSR count). The second-order valence-electron chi connectivity index (χ2n) is 5.83. The molecule has 0 aliphatic carbocycles. The lowest BCUT2D eigenvalue weighted by Gasteiger charge is -2.13. The van der Waals surface area contributed by atoms with E-state index in [9.17, 15) is 4.79 Å². The van der Waals surface area contributed by atoms with Gasteiger partial charge in [0, 0.05) is 17.1 Å². The van der Waals surface area contributed by atoms with E-state index >= 15 is 0 Å². The van der Waals surface area contributed by atoms with Crippen molar-refractivity contribution in [1.82, 2.24) is 4.98 Å². The minimum absolute atomic E-state index is 0.202. The standard InChI is InChI=1S/C20H21NO4/c1-13-8-18(23-2)19(24-3)9-15(13)12-25-20(22)10-14-11-21-17-7-5-4-6-16(14)17/h4-9,11,21H,10,12H2,1-3H3. The predicted octanol–water partition coefficient (Wildman–Crippen LogP) is 3.78. The first kappa shape index (κ1) is 16.9. The molecule has 0 saturated heterocycles. The normalized spacial score (nSPS) is 10.7. The Hall–Kier alpha value is -2.95. The number of benzene rings is 2. The summed E-state index contributed by atoms with van der Waals surface area (Å²) in [6.07, 6.45) is 2.09. The molecule has 5 heteroatoms. The van der Waals surface area contributed by atoms with Crippen molar-refractivity contribution in [2.45, 2.75) is 20.0 Å². The Morgan fingerprint density at radius 2 is 1.76 bits per heavy atom. The summed E-state index contributed by atoms with van der Waals surface area (Å²) in [6.45, 7) is 2.15. The number of fused-ring (bicyclic) bond motifs is 1. The van der Waals surface area contributed by atoms with Gasteiger partial charge in [0.2, 0.25) is 0 Å². The van der Waals surface area contributed by atoms with Gasteiger partial charge in [0.05, 0.1) is 20.6 Å². The highest BCUT2D eigenvalue weighted by Gasteiger charge is 2.13. The highest BCUT2D eigenvalue weighted by atomic mass is 16.5. The van der Waals surface area contributed by atoms with E-state index in [1.54, 1.807) is 14.2 Å². The van der Waals surface area contributed by atoms with Crippen molar-refractivity contribution >= 4 is 16.9 Å². The fraction of sp³-hybridized carbons (Fsp3) is 0.250. The maximum atomic E-state index is 12.2. The minimum Gasteiger partial charge on any atom is -0.493 e. The van der Waals surface area contributed by atoms with E-state index in [4.69, 9.17) is 14.2 Å². The van der Waals surface area contributed by atoms with Crippen LogP contribution >= 0.6 is 0 Å². The van der Waals surface area contributed by atoms with Gasteiger partial charge in [0.1, 0.15) is 6.61 Å². The number of methoxy groups -OCH3 is 2. The number of aromatic nitrogens is 1. The van der Waals surface area contributed by atoms with Gasteiger partial charge in [0.25, 0.3) is 0 Å². The first-order valence-corrected chi connectivity index (χ1v) is 8.04. The fourth-order valence-corrected chi connectivity index (χ4v) is 2.82. The van der Waals surface area contributed by atoms with E-state index in [1.807, 2.05) is 49.5 Å². The molecule has 0 spiro atoms. The molecule has 25 heavy (non-hydrogen) atoms. The van der Waals surface area contributed by atoms with Gasteiger partial charge in [-0.05, 0) is 41.8 Å². The number of ether oxygens (including phenoxy) is 3. The molecule has 0 unspecified atom stereocenters. The fourth-order valence-electron chi connectivity index (χ4n) is 2.82. The lowest BCUT2D eigenvalue weighted by atomic mass is 10.1. The third kappa shape index (κ3) is 3.60. The first-order valence-electron chi connectivity index (χ1n) is 8.04. The van der Waals surface area contributed by atoms with Crippen LogP contribution in [-0.4, -0.2) is 25.2 Å². The molecule has 1 N–H and O–H groups in total. The van der Waals surface area contributed by atoms with Crippen molar-refractivity contribution < 1.29 is 19.0 Å². The molecule has 0 saturated carbocycles. The summed E-state index contributed by atoms with van der Waals surface area (Å²) in [5.74, 6) is 1.02. The smallest absolute Gasteiger partial charge is 0.310 e. The molecule has 2 aromatic carbocycles. The third-order valence-electron chi connectivity index (χ3n) is 4.24.